The van der Waals surface area contributed by atoms with Crippen LogP contribution in [-0.2, 0) is 6.42 Å². The Morgan fingerprint density at radius 3 is 2.56 bits per heavy atom. The van der Waals surface area contributed by atoms with E-state index in [0.717, 1.165) is 25.0 Å². The van der Waals surface area contributed by atoms with Crippen LogP contribution in [0.15, 0.2) is 42.7 Å². The van der Waals surface area contributed by atoms with Crippen molar-refractivity contribution in [3.05, 3.63) is 59.5 Å². The molecule has 1 N–H and O–H groups in total. The first kappa shape index (κ1) is 18.1. The molecule has 0 radical (unpaired) electrons. The Balaban J connectivity index is 1.70. The minimum absolute atomic E-state index is 0.176. The molecule has 142 valence electrons. The molecule has 4 heteroatoms. The third kappa shape index (κ3) is 3.23. The lowest BCUT2D eigenvalue weighted by Crippen LogP contribution is -2.30. The van der Waals surface area contributed by atoms with Gasteiger partial charge in [-0.2, -0.15) is 0 Å². The monoisotopic (exact) mass is 362 g/mol. The fourth-order valence-electron chi connectivity index (χ4n) is 4.43. The zero-order valence-corrected chi connectivity index (χ0v) is 17.1. The zero-order valence-electron chi connectivity index (χ0n) is 17.1. The average molecular weight is 363 g/mol. The van der Waals surface area contributed by atoms with E-state index in [4.69, 9.17) is 4.98 Å². The van der Waals surface area contributed by atoms with Crippen LogP contribution < -0.4 is 10.2 Å². The maximum Gasteiger partial charge on any atom is 0.137 e. The number of hydrogen-bond donors (Lipinski definition) is 1. The minimum Gasteiger partial charge on any atom is -0.339 e. The molecule has 1 aliphatic heterocycles. The number of anilines is 2. The third-order valence-electron chi connectivity index (χ3n) is 5.62. The summed E-state index contributed by atoms with van der Waals surface area (Å²) in [4.78, 5) is 7.11. The van der Waals surface area contributed by atoms with Crippen molar-refractivity contribution in [1.82, 2.24) is 14.7 Å². The Morgan fingerprint density at radius 2 is 1.89 bits per heavy atom. The highest BCUT2D eigenvalue weighted by Gasteiger charge is 2.25. The number of fused-ring (bicyclic) bond motifs is 3. The lowest BCUT2D eigenvalue weighted by atomic mass is 9.82. The molecule has 0 saturated heterocycles. The smallest absolute Gasteiger partial charge is 0.137 e. The number of aromatic nitrogens is 2. The van der Waals surface area contributed by atoms with E-state index in [1.807, 2.05) is 13.2 Å². The van der Waals surface area contributed by atoms with Gasteiger partial charge in [-0.1, -0.05) is 32.9 Å². The molecule has 4 rings (SSSR count). The molecule has 0 amide bonds. The average Bonchev–Trinajstić information content (AvgIpc) is 3.02. The molecule has 0 aliphatic carbocycles. The summed E-state index contributed by atoms with van der Waals surface area (Å²) < 4.78 is 2.27. The van der Waals surface area contributed by atoms with Crippen LogP contribution in [-0.4, -0.2) is 23.0 Å². The van der Waals surface area contributed by atoms with E-state index in [1.54, 1.807) is 0 Å². The van der Waals surface area contributed by atoms with E-state index >= 15 is 0 Å². The number of nitrogens with zero attached hydrogens (tertiary/aromatic N) is 3. The minimum atomic E-state index is 0.176. The lowest BCUT2D eigenvalue weighted by Gasteiger charge is -2.33. The van der Waals surface area contributed by atoms with Crippen LogP contribution in [0.25, 0.3) is 5.65 Å². The van der Waals surface area contributed by atoms with Gasteiger partial charge in [0.15, 0.2) is 0 Å². The van der Waals surface area contributed by atoms with E-state index in [0.29, 0.717) is 6.04 Å². The predicted octanol–water partition coefficient (Wildman–Crippen LogP) is 5.03. The summed E-state index contributed by atoms with van der Waals surface area (Å²) in [7, 11) is 2.04. The van der Waals surface area contributed by atoms with Crippen molar-refractivity contribution >= 4 is 17.0 Å². The molecule has 1 aliphatic rings. The van der Waals surface area contributed by atoms with Crippen LogP contribution >= 0.6 is 0 Å². The van der Waals surface area contributed by atoms with Crippen molar-refractivity contribution in [1.29, 1.82) is 0 Å². The highest BCUT2D eigenvalue weighted by atomic mass is 15.2. The fourth-order valence-corrected chi connectivity index (χ4v) is 4.43. The Bertz CT molecular complexity index is 947. The first-order valence-electron chi connectivity index (χ1n) is 9.90. The number of nitrogens with one attached hydrogen (secondary N) is 1. The van der Waals surface area contributed by atoms with Gasteiger partial charge in [-0.25, -0.2) is 4.98 Å². The van der Waals surface area contributed by atoms with Crippen LogP contribution in [0.4, 0.5) is 11.4 Å². The molecule has 0 bridgehead atoms. The third-order valence-corrected chi connectivity index (χ3v) is 5.62. The lowest BCUT2D eigenvalue weighted by molar-refractivity contribution is 0.287. The maximum atomic E-state index is 4.69. The second-order valence-electron chi connectivity index (χ2n) is 8.77. The van der Waals surface area contributed by atoms with Gasteiger partial charge in [-0.15, -0.1) is 0 Å². The highest BCUT2D eigenvalue weighted by Crippen LogP contribution is 2.36. The molecule has 3 heterocycles. The van der Waals surface area contributed by atoms with Crippen LogP contribution in [0.1, 0.15) is 50.1 Å². The SMILES string of the molecule is CN[C@H](c1ccc(N2CCCc3c2cnc2cc(C)cn32)cc1)C(C)(C)C. The van der Waals surface area contributed by atoms with E-state index in [-0.39, 0.29) is 5.41 Å². The summed E-state index contributed by atoms with van der Waals surface area (Å²) >= 11 is 0. The molecule has 0 spiro atoms. The van der Waals surface area contributed by atoms with Gasteiger partial charge in [0, 0.05) is 30.2 Å². The molecule has 1 atom stereocenters. The second-order valence-corrected chi connectivity index (χ2v) is 8.77. The molecule has 2 aromatic heterocycles. The Labute approximate surface area is 162 Å². The first-order chi connectivity index (χ1) is 12.9. The van der Waals surface area contributed by atoms with Crippen LogP contribution in [0.2, 0.25) is 0 Å². The Hall–Kier alpha value is -2.33. The van der Waals surface area contributed by atoms with Gasteiger partial charge in [0.25, 0.3) is 0 Å². The van der Waals surface area contributed by atoms with Gasteiger partial charge < -0.3 is 14.6 Å². The van der Waals surface area contributed by atoms with E-state index in [1.165, 1.54) is 28.2 Å². The van der Waals surface area contributed by atoms with Crippen molar-refractivity contribution in [2.24, 2.45) is 5.41 Å². The van der Waals surface area contributed by atoms with Crippen molar-refractivity contribution in [3.63, 3.8) is 0 Å². The number of aryl methyl sites for hydroxylation is 2. The van der Waals surface area contributed by atoms with Crippen LogP contribution in [0.3, 0.4) is 0 Å². The summed E-state index contributed by atoms with van der Waals surface area (Å²) in [5.74, 6) is 0. The Morgan fingerprint density at radius 1 is 1.15 bits per heavy atom. The molecule has 0 fully saturated rings. The molecule has 0 saturated carbocycles. The van der Waals surface area contributed by atoms with E-state index in [9.17, 15) is 0 Å². The van der Waals surface area contributed by atoms with Crippen molar-refractivity contribution in [2.45, 2.75) is 46.6 Å². The highest BCUT2D eigenvalue weighted by molar-refractivity contribution is 5.68. The van der Waals surface area contributed by atoms with Gasteiger partial charge in [0.05, 0.1) is 11.9 Å². The zero-order chi connectivity index (χ0) is 19.2. The van der Waals surface area contributed by atoms with Crippen LogP contribution in [0, 0.1) is 12.3 Å². The quantitative estimate of drug-likeness (QED) is 0.709. The molecular formula is C23H30N4. The fraction of sp³-hybridized carbons (Fsp3) is 0.435. The van der Waals surface area contributed by atoms with E-state index in [2.05, 4.69) is 78.8 Å². The summed E-state index contributed by atoms with van der Waals surface area (Å²) in [5, 5.41) is 3.47. The molecule has 3 aromatic rings. The maximum absolute atomic E-state index is 4.69. The van der Waals surface area contributed by atoms with Gasteiger partial charge >= 0.3 is 0 Å². The summed E-state index contributed by atoms with van der Waals surface area (Å²) in [6, 6.07) is 11.5. The largest absolute Gasteiger partial charge is 0.339 e. The van der Waals surface area contributed by atoms with Gasteiger partial charge in [-0.3, -0.25) is 0 Å². The number of hydrogen-bond acceptors (Lipinski definition) is 3. The van der Waals surface area contributed by atoms with Crippen molar-refractivity contribution in [3.8, 4) is 0 Å². The predicted molar refractivity (Wildman–Crippen MR) is 113 cm³/mol. The van der Waals surface area contributed by atoms with Crippen molar-refractivity contribution < 1.29 is 0 Å². The molecule has 0 unspecified atom stereocenters. The standard InChI is InChI=1S/C23H30N4/c1-16-13-21-25-14-20-19(27(21)15-16)7-6-12-26(20)18-10-8-17(9-11-18)22(24-5)23(2,3)4/h8-11,13-15,22,24H,6-7,12H2,1-5H3/t22-/m1/s1. The summed E-state index contributed by atoms with van der Waals surface area (Å²) in [5.41, 5.74) is 7.66. The molecule has 4 nitrogen and oxygen atoms in total. The van der Waals surface area contributed by atoms with Gasteiger partial charge in [0.2, 0.25) is 0 Å². The molecule has 27 heavy (non-hydrogen) atoms. The topological polar surface area (TPSA) is 32.6 Å². The first-order valence-corrected chi connectivity index (χ1v) is 9.90. The molecular weight excluding hydrogens is 332 g/mol. The second kappa shape index (κ2) is 6.68. The van der Waals surface area contributed by atoms with Crippen LogP contribution in [0.5, 0.6) is 0 Å². The normalized spacial score (nSPS) is 15.8. The summed E-state index contributed by atoms with van der Waals surface area (Å²) in [6.45, 7) is 10.00. The molecule has 1 aromatic carbocycles. The van der Waals surface area contributed by atoms with E-state index < -0.39 is 0 Å². The number of benzene rings is 1. The van der Waals surface area contributed by atoms with Gasteiger partial charge in [0.1, 0.15) is 5.65 Å². The Kier molecular flexibility index (Phi) is 4.47. The van der Waals surface area contributed by atoms with Gasteiger partial charge in [-0.05, 0) is 61.6 Å². The summed E-state index contributed by atoms with van der Waals surface area (Å²) in [6.07, 6.45) is 6.51. The van der Waals surface area contributed by atoms with Crippen molar-refractivity contribution in [2.75, 3.05) is 18.5 Å². The number of rotatable bonds is 3.